The van der Waals surface area contributed by atoms with E-state index in [0.717, 1.165) is 0 Å². The zero-order chi connectivity index (χ0) is 12.2. The SMILES string of the molecule is O=C1C=CNC1=O.O=S(=O)(O)c1ccc[nH]1. The van der Waals surface area contributed by atoms with Crippen LogP contribution in [0.4, 0.5) is 0 Å². The molecular weight excluding hydrogens is 236 g/mol. The molecule has 0 unspecified atom stereocenters. The van der Waals surface area contributed by atoms with Gasteiger partial charge in [-0.05, 0) is 12.1 Å². The van der Waals surface area contributed by atoms with Crippen molar-refractivity contribution in [3.63, 3.8) is 0 Å². The lowest BCUT2D eigenvalue weighted by Crippen LogP contribution is -2.17. The highest BCUT2D eigenvalue weighted by molar-refractivity contribution is 7.85. The summed E-state index contributed by atoms with van der Waals surface area (Å²) in [5.74, 6) is -1.01. The van der Waals surface area contributed by atoms with E-state index in [4.69, 9.17) is 4.55 Å². The number of nitrogens with one attached hydrogen (secondary N) is 2. The van der Waals surface area contributed by atoms with E-state index < -0.39 is 21.8 Å². The second kappa shape index (κ2) is 4.73. The first-order valence-corrected chi connectivity index (χ1v) is 5.47. The van der Waals surface area contributed by atoms with E-state index >= 15 is 0 Å². The first-order valence-electron chi connectivity index (χ1n) is 4.03. The van der Waals surface area contributed by atoms with E-state index in [-0.39, 0.29) is 5.03 Å². The van der Waals surface area contributed by atoms with Gasteiger partial charge in [0.05, 0.1) is 0 Å². The number of hydrogen-bond acceptors (Lipinski definition) is 4. The third-order valence-electron chi connectivity index (χ3n) is 1.52. The van der Waals surface area contributed by atoms with Crippen molar-refractivity contribution in [1.82, 2.24) is 10.3 Å². The van der Waals surface area contributed by atoms with Crippen molar-refractivity contribution >= 4 is 21.8 Å². The summed E-state index contributed by atoms with van der Waals surface area (Å²) in [6.07, 6.45) is 3.94. The number of ketones is 1. The minimum absolute atomic E-state index is 0.178. The van der Waals surface area contributed by atoms with Gasteiger partial charge < -0.3 is 10.3 Å². The lowest BCUT2D eigenvalue weighted by Gasteiger charge is -1.86. The highest BCUT2D eigenvalue weighted by Crippen LogP contribution is 2.01. The third kappa shape index (κ3) is 3.33. The standard InChI is InChI=1S/C4H5NO3S.C4H3NO2/c6-9(7,8)4-2-1-3-5-4;6-3-1-2-5-4(3)7/h1-3,5H,(H,6,7,8);1-2H,(H,5,6,7). The predicted molar refractivity (Wildman–Crippen MR) is 52.9 cm³/mol. The Labute approximate surface area is 90.9 Å². The van der Waals surface area contributed by atoms with Gasteiger partial charge in [0.25, 0.3) is 5.91 Å². The molecule has 0 saturated heterocycles. The molecule has 0 aliphatic carbocycles. The quantitative estimate of drug-likeness (QED) is 0.453. The van der Waals surface area contributed by atoms with Gasteiger partial charge in [-0.2, -0.15) is 8.42 Å². The molecular formula is C8H8N2O5S. The van der Waals surface area contributed by atoms with Gasteiger partial charge in [0, 0.05) is 18.5 Å². The van der Waals surface area contributed by atoms with Crippen molar-refractivity contribution in [3.05, 3.63) is 30.6 Å². The van der Waals surface area contributed by atoms with E-state index in [2.05, 4.69) is 10.3 Å². The summed E-state index contributed by atoms with van der Waals surface area (Å²) in [4.78, 5) is 22.5. The molecule has 1 aromatic rings. The average Bonchev–Trinajstić information content (AvgIpc) is 2.78. The maximum absolute atomic E-state index is 10.2. The smallest absolute Gasteiger partial charge is 0.310 e. The first-order chi connectivity index (χ1) is 7.41. The van der Waals surface area contributed by atoms with Crippen molar-refractivity contribution < 1.29 is 22.6 Å². The predicted octanol–water partition coefficient (Wildman–Crippen LogP) is -0.540. The normalized spacial score (nSPS) is 14.3. The molecule has 1 amide bonds. The van der Waals surface area contributed by atoms with Crippen LogP contribution in [-0.4, -0.2) is 29.6 Å². The second-order valence-electron chi connectivity index (χ2n) is 2.68. The van der Waals surface area contributed by atoms with Crippen LogP contribution in [0.15, 0.2) is 35.6 Å². The molecule has 1 aromatic heterocycles. The van der Waals surface area contributed by atoms with Crippen LogP contribution in [0.1, 0.15) is 0 Å². The van der Waals surface area contributed by atoms with Gasteiger partial charge in [-0.25, -0.2) is 0 Å². The highest BCUT2D eigenvalue weighted by atomic mass is 32.2. The Hall–Kier alpha value is -1.93. The molecule has 2 heterocycles. The van der Waals surface area contributed by atoms with Crippen LogP contribution in [0.3, 0.4) is 0 Å². The van der Waals surface area contributed by atoms with Crippen LogP contribution in [0, 0.1) is 0 Å². The number of hydrogen-bond donors (Lipinski definition) is 3. The molecule has 86 valence electrons. The molecule has 0 spiro atoms. The molecule has 0 radical (unpaired) electrons. The van der Waals surface area contributed by atoms with Gasteiger partial charge in [-0.1, -0.05) is 0 Å². The van der Waals surface area contributed by atoms with Crippen molar-refractivity contribution in [3.8, 4) is 0 Å². The molecule has 0 atom stereocenters. The number of aromatic nitrogens is 1. The maximum Gasteiger partial charge on any atom is 0.310 e. The average molecular weight is 244 g/mol. The van der Waals surface area contributed by atoms with Gasteiger partial charge >= 0.3 is 10.1 Å². The fourth-order valence-electron chi connectivity index (χ4n) is 0.814. The van der Waals surface area contributed by atoms with Crippen LogP contribution >= 0.6 is 0 Å². The topological polar surface area (TPSA) is 116 Å². The van der Waals surface area contributed by atoms with E-state index in [1.165, 1.54) is 30.6 Å². The molecule has 1 aliphatic rings. The van der Waals surface area contributed by atoms with Gasteiger partial charge in [0.1, 0.15) is 0 Å². The monoisotopic (exact) mass is 244 g/mol. The lowest BCUT2D eigenvalue weighted by molar-refractivity contribution is -0.133. The van der Waals surface area contributed by atoms with Crippen molar-refractivity contribution in [1.29, 1.82) is 0 Å². The summed E-state index contributed by atoms with van der Waals surface area (Å²) in [5.41, 5.74) is 0. The summed E-state index contributed by atoms with van der Waals surface area (Å²) in [5, 5.41) is 2.02. The second-order valence-corrected chi connectivity index (χ2v) is 4.07. The fraction of sp³-hybridized carbons (Fsp3) is 0. The summed E-state index contributed by atoms with van der Waals surface area (Å²) in [6.45, 7) is 0. The molecule has 2 rings (SSSR count). The number of rotatable bonds is 1. The Kier molecular flexibility index (Phi) is 3.59. The lowest BCUT2D eigenvalue weighted by atomic mass is 10.4. The van der Waals surface area contributed by atoms with Crippen molar-refractivity contribution in [2.24, 2.45) is 0 Å². The van der Waals surface area contributed by atoms with Crippen molar-refractivity contribution in [2.75, 3.05) is 0 Å². The molecule has 0 aromatic carbocycles. The van der Waals surface area contributed by atoms with Crippen LogP contribution in [0.5, 0.6) is 0 Å². The maximum atomic E-state index is 10.2. The van der Waals surface area contributed by atoms with Gasteiger partial charge in [0.2, 0.25) is 5.78 Å². The number of carbonyl (C=O) groups excluding carboxylic acids is 2. The Balaban J connectivity index is 0.000000165. The van der Waals surface area contributed by atoms with Gasteiger partial charge in [-0.3, -0.25) is 14.1 Å². The molecule has 16 heavy (non-hydrogen) atoms. The van der Waals surface area contributed by atoms with Gasteiger partial charge in [0.15, 0.2) is 5.03 Å². The molecule has 3 N–H and O–H groups in total. The molecule has 0 bridgehead atoms. The zero-order valence-electron chi connectivity index (χ0n) is 7.88. The number of aromatic amines is 1. The summed E-state index contributed by atoms with van der Waals surface area (Å²) < 4.78 is 28.8. The van der Waals surface area contributed by atoms with Crippen LogP contribution in [-0.2, 0) is 19.7 Å². The zero-order valence-corrected chi connectivity index (χ0v) is 8.69. The first kappa shape index (κ1) is 12.1. The Morgan fingerprint density at radius 1 is 1.25 bits per heavy atom. The molecule has 0 fully saturated rings. The minimum Gasteiger partial charge on any atom is -0.350 e. The van der Waals surface area contributed by atoms with Crippen LogP contribution in [0.25, 0.3) is 0 Å². The molecule has 0 saturated carbocycles. The highest BCUT2D eigenvalue weighted by Gasteiger charge is 2.12. The number of H-pyrrole nitrogens is 1. The van der Waals surface area contributed by atoms with Crippen LogP contribution in [0.2, 0.25) is 0 Å². The largest absolute Gasteiger partial charge is 0.350 e. The molecule has 1 aliphatic heterocycles. The fourth-order valence-corrected chi connectivity index (χ4v) is 1.28. The molecule has 7 nitrogen and oxygen atoms in total. The third-order valence-corrected chi connectivity index (χ3v) is 2.33. The minimum atomic E-state index is -4.02. The van der Waals surface area contributed by atoms with E-state index in [1.807, 2.05) is 0 Å². The van der Waals surface area contributed by atoms with E-state index in [1.54, 1.807) is 0 Å². The Morgan fingerprint density at radius 2 is 1.94 bits per heavy atom. The van der Waals surface area contributed by atoms with E-state index in [9.17, 15) is 18.0 Å². The van der Waals surface area contributed by atoms with Crippen molar-refractivity contribution in [2.45, 2.75) is 5.03 Å². The number of carbonyl (C=O) groups is 2. The summed E-state index contributed by atoms with van der Waals surface area (Å²) in [6, 6.07) is 2.76. The summed E-state index contributed by atoms with van der Waals surface area (Å²) >= 11 is 0. The Morgan fingerprint density at radius 3 is 2.12 bits per heavy atom. The summed E-state index contributed by atoms with van der Waals surface area (Å²) in [7, 11) is -4.02. The Bertz CT molecular complexity index is 515. The van der Waals surface area contributed by atoms with Gasteiger partial charge in [-0.15, -0.1) is 0 Å². The number of amides is 1. The molecule has 8 heteroatoms. The van der Waals surface area contributed by atoms with Crippen LogP contribution < -0.4 is 5.32 Å². The van der Waals surface area contributed by atoms with E-state index in [0.29, 0.717) is 0 Å².